The van der Waals surface area contributed by atoms with E-state index in [9.17, 15) is 10.1 Å². The van der Waals surface area contributed by atoms with E-state index >= 15 is 0 Å². The maximum absolute atomic E-state index is 11.1. The average molecular weight is 281 g/mol. The predicted octanol–water partition coefficient (Wildman–Crippen LogP) is 4.00. The molecule has 2 N–H and O–H groups in total. The number of nitro benzene ring substituents is 1. The Hall–Kier alpha value is -2.82. The Kier molecular flexibility index (Phi) is 3.31. The molecule has 0 aliphatic heterocycles. The van der Waals surface area contributed by atoms with Gasteiger partial charge in [0.1, 0.15) is 5.69 Å². The molecule has 106 valence electrons. The molecule has 3 aromatic rings. The fourth-order valence-corrected chi connectivity index (χ4v) is 2.34. The number of rotatable bonds is 4. The van der Waals surface area contributed by atoms with Crippen molar-refractivity contribution in [3.63, 3.8) is 0 Å². The van der Waals surface area contributed by atoms with Gasteiger partial charge in [0.15, 0.2) is 0 Å². The first-order chi connectivity index (χ1) is 10.1. The summed E-state index contributed by atoms with van der Waals surface area (Å²) in [7, 11) is 0. The first-order valence-corrected chi connectivity index (χ1v) is 6.68. The fraction of sp³-hybridized carbons (Fsp3) is 0.125. The molecule has 1 aromatic heterocycles. The van der Waals surface area contributed by atoms with Crippen LogP contribution in [-0.4, -0.2) is 9.91 Å². The highest BCUT2D eigenvalue weighted by atomic mass is 16.6. The number of aromatic amines is 1. The van der Waals surface area contributed by atoms with Crippen LogP contribution < -0.4 is 5.32 Å². The fourth-order valence-electron chi connectivity index (χ4n) is 2.34. The quantitative estimate of drug-likeness (QED) is 0.561. The minimum absolute atomic E-state index is 0.107. The second kappa shape index (κ2) is 5.28. The van der Waals surface area contributed by atoms with Gasteiger partial charge in [-0.05, 0) is 41.6 Å². The molecule has 0 aliphatic rings. The van der Waals surface area contributed by atoms with Gasteiger partial charge in [-0.25, -0.2) is 0 Å². The summed E-state index contributed by atoms with van der Waals surface area (Å²) in [6.07, 6.45) is 1.90. The van der Waals surface area contributed by atoms with Crippen molar-refractivity contribution in [3.8, 4) is 0 Å². The molecule has 5 nitrogen and oxygen atoms in total. The molecular weight excluding hydrogens is 266 g/mol. The van der Waals surface area contributed by atoms with Crippen LogP contribution in [0.3, 0.4) is 0 Å². The summed E-state index contributed by atoms with van der Waals surface area (Å²) in [6.45, 7) is 2.38. The highest BCUT2D eigenvalue weighted by molar-refractivity contribution is 5.80. The SMILES string of the molecule is Cc1ccc(NCc2ccc3cc[nH]c3c2)c([N+](=O)[O-])c1. The minimum atomic E-state index is -0.358. The summed E-state index contributed by atoms with van der Waals surface area (Å²) < 4.78 is 0. The van der Waals surface area contributed by atoms with Crippen molar-refractivity contribution in [2.75, 3.05) is 5.32 Å². The van der Waals surface area contributed by atoms with E-state index in [1.165, 1.54) is 0 Å². The van der Waals surface area contributed by atoms with E-state index in [1.54, 1.807) is 12.1 Å². The Labute approximate surface area is 121 Å². The van der Waals surface area contributed by atoms with Crippen molar-refractivity contribution in [2.24, 2.45) is 0 Å². The van der Waals surface area contributed by atoms with E-state index in [-0.39, 0.29) is 10.6 Å². The molecule has 5 heteroatoms. The third-order valence-electron chi connectivity index (χ3n) is 3.45. The topological polar surface area (TPSA) is 71.0 Å². The van der Waals surface area contributed by atoms with Gasteiger partial charge in [0.05, 0.1) is 4.92 Å². The van der Waals surface area contributed by atoms with Crippen molar-refractivity contribution in [1.29, 1.82) is 0 Å². The Balaban J connectivity index is 1.82. The predicted molar refractivity (Wildman–Crippen MR) is 83.5 cm³/mol. The molecule has 0 aliphatic carbocycles. The van der Waals surface area contributed by atoms with Crippen LogP contribution >= 0.6 is 0 Å². The third kappa shape index (κ3) is 2.72. The van der Waals surface area contributed by atoms with Gasteiger partial charge in [-0.15, -0.1) is 0 Å². The molecular formula is C16H15N3O2. The van der Waals surface area contributed by atoms with E-state index < -0.39 is 0 Å². The average Bonchev–Trinajstić information content (AvgIpc) is 2.93. The maximum atomic E-state index is 11.1. The van der Waals surface area contributed by atoms with Crippen LogP contribution in [0.25, 0.3) is 10.9 Å². The molecule has 0 bridgehead atoms. The van der Waals surface area contributed by atoms with Crippen LogP contribution in [0.15, 0.2) is 48.7 Å². The van der Waals surface area contributed by atoms with Crippen molar-refractivity contribution in [2.45, 2.75) is 13.5 Å². The van der Waals surface area contributed by atoms with Crippen LogP contribution in [0.4, 0.5) is 11.4 Å². The normalized spacial score (nSPS) is 10.7. The molecule has 0 fully saturated rings. The zero-order valence-electron chi connectivity index (χ0n) is 11.6. The van der Waals surface area contributed by atoms with Crippen LogP contribution in [0.1, 0.15) is 11.1 Å². The molecule has 0 spiro atoms. The van der Waals surface area contributed by atoms with E-state index in [1.807, 2.05) is 43.5 Å². The number of hydrogen-bond donors (Lipinski definition) is 2. The molecule has 0 radical (unpaired) electrons. The van der Waals surface area contributed by atoms with Crippen LogP contribution in [-0.2, 0) is 6.54 Å². The van der Waals surface area contributed by atoms with Crippen molar-refractivity contribution >= 4 is 22.3 Å². The number of benzene rings is 2. The van der Waals surface area contributed by atoms with Crippen molar-refractivity contribution in [3.05, 3.63) is 69.9 Å². The van der Waals surface area contributed by atoms with Crippen LogP contribution in [0.5, 0.6) is 0 Å². The third-order valence-corrected chi connectivity index (χ3v) is 3.45. The molecule has 0 saturated heterocycles. The smallest absolute Gasteiger partial charge is 0.292 e. The van der Waals surface area contributed by atoms with E-state index in [0.29, 0.717) is 12.2 Å². The number of aromatic nitrogens is 1. The number of hydrogen-bond acceptors (Lipinski definition) is 3. The van der Waals surface area contributed by atoms with Crippen molar-refractivity contribution < 1.29 is 4.92 Å². The van der Waals surface area contributed by atoms with Gasteiger partial charge >= 0.3 is 0 Å². The zero-order valence-corrected chi connectivity index (χ0v) is 11.6. The van der Waals surface area contributed by atoms with E-state index in [2.05, 4.69) is 10.3 Å². The lowest BCUT2D eigenvalue weighted by atomic mass is 10.1. The number of anilines is 1. The van der Waals surface area contributed by atoms with E-state index in [0.717, 1.165) is 22.0 Å². The van der Waals surface area contributed by atoms with E-state index in [4.69, 9.17) is 0 Å². The number of nitrogens with one attached hydrogen (secondary N) is 2. The summed E-state index contributed by atoms with van der Waals surface area (Å²) in [5.74, 6) is 0. The maximum Gasteiger partial charge on any atom is 0.292 e. The molecule has 1 heterocycles. The molecule has 0 atom stereocenters. The first kappa shape index (κ1) is 13.2. The van der Waals surface area contributed by atoms with Gasteiger partial charge in [0.25, 0.3) is 5.69 Å². The number of aryl methyl sites for hydroxylation is 1. The molecule has 2 aromatic carbocycles. The lowest BCUT2D eigenvalue weighted by molar-refractivity contribution is -0.384. The van der Waals surface area contributed by atoms with Gasteiger partial charge in [0.2, 0.25) is 0 Å². The van der Waals surface area contributed by atoms with Gasteiger partial charge in [0, 0.05) is 24.3 Å². The number of H-pyrrole nitrogens is 1. The number of nitrogens with zero attached hydrogens (tertiary/aromatic N) is 1. The second-order valence-electron chi connectivity index (χ2n) is 5.03. The molecule has 0 unspecified atom stereocenters. The van der Waals surface area contributed by atoms with Gasteiger partial charge < -0.3 is 10.3 Å². The van der Waals surface area contributed by atoms with Gasteiger partial charge in [-0.2, -0.15) is 0 Å². The summed E-state index contributed by atoms with van der Waals surface area (Å²) in [5, 5.41) is 15.4. The minimum Gasteiger partial charge on any atom is -0.375 e. The largest absolute Gasteiger partial charge is 0.375 e. The second-order valence-corrected chi connectivity index (χ2v) is 5.03. The lowest BCUT2D eigenvalue weighted by Crippen LogP contribution is -2.02. The highest BCUT2D eigenvalue weighted by Crippen LogP contribution is 2.26. The Morgan fingerprint density at radius 3 is 2.86 bits per heavy atom. The molecule has 21 heavy (non-hydrogen) atoms. The summed E-state index contributed by atoms with van der Waals surface area (Å²) >= 11 is 0. The molecule has 3 rings (SSSR count). The van der Waals surface area contributed by atoms with Gasteiger partial charge in [-0.1, -0.05) is 18.2 Å². The van der Waals surface area contributed by atoms with Crippen molar-refractivity contribution in [1.82, 2.24) is 4.98 Å². The summed E-state index contributed by atoms with van der Waals surface area (Å²) in [5.41, 5.74) is 3.65. The zero-order chi connectivity index (χ0) is 14.8. The van der Waals surface area contributed by atoms with Crippen LogP contribution in [0.2, 0.25) is 0 Å². The first-order valence-electron chi connectivity index (χ1n) is 6.68. The number of nitro groups is 1. The number of fused-ring (bicyclic) bond motifs is 1. The lowest BCUT2D eigenvalue weighted by Gasteiger charge is -2.08. The molecule has 0 amide bonds. The van der Waals surface area contributed by atoms with Crippen LogP contribution in [0, 0.1) is 17.0 Å². The van der Waals surface area contributed by atoms with Gasteiger partial charge in [-0.3, -0.25) is 10.1 Å². The summed E-state index contributed by atoms with van der Waals surface area (Å²) in [4.78, 5) is 13.9. The summed E-state index contributed by atoms with van der Waals surface area (Å²) in [6, 6.07) is 13.3. The Morgan fingerprint density at radius 2 is 2.05 bits per heavy atom. The standard InChI is InChI=1S/C16H15N3O2/c1-11-2-5-14(16(8-11)19(20)21)18-10-12-3-4-13-6-7-17-15(13)9-12/h2-9,17-18H,10H2,1H3. The highest BCUT2D eigenvalue weighted by Gasteiger charge is 2.13. The monoisotopic (exact) mass is 281 g/mol. The Morgan fingerprint density at radius 1 is 1.19 bits per heavy atom. The molecule has 0 saturated carbocycles. The Bertz CT molecular complexity index is 808.